The highest BCUT2D eigenvalue weighted by Crippen LogP contribution is 2.24. The Hall–Kier alpha value is -1.14. The highest BCUT2D eigenvalue weighted by molar-refractivity contribution is 7.13. The molecule has 1 aromatic heterocycles. The molecule has 1 saturated heterocycles. The number of nitrogens with one attached hydrogen (secondary N) is 1. The van der Waals surface area contributed by atoms with Crippen LogP contribution in [-0.2, 0) is 6.42 Å². The van der Waals surface area contributed by atoms with E-state index < -0.39 is 0 Å². The largest absolute Gasteiger partial charge is 0.396 e. The summed E-state index contributed by atoms with van der Waals surface area (Å²) in [5.74, 6) is 0.206. The Balaban J connectivity index is 1.90. The second-order valence-electron chi connectivity index (χ2n) is 6.95. The summed E-state index contributed by atoms with van der Waals surface area (Å²) >= 11 is 1.47. The van der Waals surface area contributed by atoms with Crippen LogP contribution in [0.25, 0.3) is 0 Å². The van der Waals surface area contributed by atoms with E-state index in [9.17, 15) is 9.90 Å². The average Bonchev–Trinajstić information content (AvgIpc) is 2.83. The third-order valence-electron chi connectivity index (χ3n) is 3.54. The van der Waals surface area contributed by atoms with Gasteiger partial charge in [-0.1, -0.05) is 20.8 Å². The van der Waals surface area contributed by atoms with Gasteiger partial charge in [-0.05, 0) is 30.6 Å². The summed E-state index contributed by atoms with van der Waals surface area (Å²) < 4.78 is 0. The number of aliphatic hydroxyl groups is 1. The Morgan fingerprint density at radius 3 is 3.00 bits per heavy atom. The minimum Gasteiger partial charge on any atom is -0.396 e. The Bertz CT molecular complexity index is 482. The Kier molecular flexibility index (Phi) is 5.22. The highest BCUT2D eigenvalue weighted by Gasteiger charge is 2.23. The lowest BCUT2D eigenvalue weighted by atomic mass is 9.91. The van der Waals surface area contributed by atoms with Gasteiger partial charge in [-0.3, -0.25) is 5.32 Å². The number of hydrogen-bond donors (Lipinski definition) is 2. The van der Waals surface area contributed by atoms with Gasteiger partial charge in [0.1, 0.15) is 0 Å². The van der Waals surface area contributed by atoms with Crippen molar-refractivity contribution in [2.75, 3.05) is 25.0 Å². The molecule has 1 unspecified atom stereocenters. The monoisotopic (exact) mass is 311 g/mol. The Morgan fingerprint density at radius 2 is 2.33 bits per heavy atom. The van der Waals surface area contributed by atoms with Crippen molar-refractivity contribution in [2.24, 2.45) is 11.3 Å². The first kappa shape index (κ1) is 16.2. The lowest BCUT2D eigenvalue weighted by molar-refractivity contribution is 0.136. The molecule has 0 aliphatic carbocycles. The van der Waals surface area contributed by atoms with Gasteiger partial charge in [0.15, 0.2) is 5.13 Å². The van der Waals surface area contributed by atoms with E-state index in [1.807, 2.05) is 5.38 Å². The van der Waals surface area contributed by atoms with Gasteiger partial charge in [-0.2, -0.15) is 0 Å². The third-order valence-corrected chi connectivity index (χ3v) is 4.35. The van der Waals surface area contributed by atoms with Crippen LogP contribution in [0.3, 0.4) is 0 Å². The molecule has 1 fully saturated rings. The molecule has 0 aromatic carbocycles. The van der Waals surface area contributed by atoms with Crippen LogP contribution in [0.4, 0.5) is 9.93 Å². The highest BCUT2D eigenvalue weighted by atomic mass is 32.1. The number of aliphatic hydroxyl groups excluding tert-OH is 1. The van der Waals surface area contributed by atoms with E-state index in [1.54, 1.807) is 4.90 Å². The zero-order valence-electron chi connectivity index (χ0n) is 13.1. The minimum atomic E-state index is -0.107. The van der Waals surface area contributed by atoms with Gasteiger partial charge in [0, 0.05) is 25.1 Å². The number of amides is 2. The molecule has 2 amide bonds. The lowest BCUT2D eigenvalue weighted by Gasteiger charge is -2.31. The average molecular weight is 311 g/mol. The van der Waals surface area contributed by atoms with Crippen molar-refractivity contribution in [2.45, 2.75) is 40.0 Å². The molecule has 5 nitrogen and oxygen atoms in total. The van der Waals surface area contributed by atoms with Crippen molar-refractivity contribution in [1.29, 1.82) is 0 Å². The summed E-state index contributed by atoms with van der Waals surface area (Å²) in [4.78, 5) is 18.5. The van der Waals surface area contributed by atoms with Crippen molar-refractivity contribution in [3.05, 3.63) is 11.1 Å². The molecular weight excluding hydrogens is 286 g/mol. The topological polar surface area (TPSA) is 65.5 Å². The van der Waals surface area contributed by atoms with Gasteiger partial charge in [0.05, 0.1) is 5.69 Å². The lowest BCUT2D eigenvalue weighted by Crippen LogP contribution is -2.43. The van der Waals surface area contributed by atoms with Gasteiger partial charge in [0.2, 0.25) is 0 Å². The number of thiazole rings is 1. The first-order chi connectivity index (χ1) is 9.87. The number of nitrogens with zero attached hydrogens (tertiary/aromatic N) is 2. The SMILES string of the molecule is CC(C)(C)Cc1csc(NC(=O)N2CCCC(CO)C2)n1. The fraction of sp³-hybridized carbons (Fsp3) is 0.733. The first-order valence-electron chi connectivity index (χ1n) is 7.48. The van der Waals surface area contributed by atoms with Crippen LogP contribution in [0.2, 0.25) is 0 Å². The summed E-state index contributed by atoms with van der Waals surface area (Å²) in [6, 6.07) is -0.107. The number of piperidine rings is 1. The summed E-state index contributed by atoms with van der Waals surface area (Å²) in [7, 11) is 0. The summed E-state index contributed by atoms with van der Waals surface area (Å²) in [6.45, 7) is 8.05. The molecule has 0 saturated carbocycles. The maximum absolute atomic E-state index is 12.2. The Labute approximate surface area is 130 Å². The molecular formula is C15H25N3O2S. The molecule has 1 aliphatic heterocycles. The van der Waals surface area contributed by atoms with Crippen molar-refractivity contribution < 1.29 is 9.90 Å². The number of rotatable bonds is 3. The normalized spacial score (nSPS) is 19.6. The number of aromatic nitrogens is 1. The maximum Gasteiger partial charge on any atom is 0.323 e. The van der Waals surface area contributed by atoms with Crippen LogP contribution in [0, 0.1) is 11.3 Å². The van der Waals surface area contributed by atoms with E-state index in [1.165, 1.54) is 11.3 Å². The van der Waals surface area contributed by atoms with Gasteiger partial charge in [-0.25, -0.2) is 9.78 Å². The summed E-state index contributed by atoms with van der Waals surface area (Å²) in [6.07, 6.45) is 2.84. The molecule has 0 bridgehead atoms. The molecule has 1 aromatic rings. The molecule has 2 rings (SSSR count). The van der Waals surface area contributed by atoms with E-state index in [-0.39, 0.29) is 24.0 Å². The summed E-state index contributed by atoms with van der Waals surface area (Å²) in [5.41, 5.74) is 1.21. The predicted octanol–water partition coefficient (Wildman–Crippen LogP) is 2.97. The van der Waals surface area contributed by atoms with Gasteiger partial charge in [0.25, 0.3) is 0 Å². The molecule has 118 valence electrons. The standard InChI is InChI=1S/C15H25N3O2S/c1-15(2,3)7-12-10-21-13(16-12)17-14(20)18-6-4-5-11(8-18)9-19/h10-11,19H,4-9H2,1-3H3,(H,16,17,20). The van der Waals surface area contributed by atoms with Crippen LogP contribution in [-0.4, -0.2) is 40.7 Å². The number of likely N-dealkylation sites (tertiary alicyclic amines) is 1. The van der Waals surface area contributed by atoms with Crippen LogP contribution >= 0.6 is 11.3 Å². The molecule has 2 heterocycles. The van der Waals surface area contributed by atoms with E-state index in [4.69, 9.17) is 0 Å². The second kappa shape index (κ2) is 6.75. The molecule has 21 heavy (non-hydrogen) atoms. The maximum atomic E-state index is 12.2. The molecule has 0 spiro atoms. The van der Waals surface area contributed by atoms with Crippen molar-refractivity contribution in [1.82, 2.24) is 9.88 Å². The Morgan fingerprint density at radius 1 is 1.57 bits per heavy atom. The number of urea groups is 1. The van der Waals surface area contributed by atoms with Crippen LogP contribution < -0.4 is 5.32 Å². The second-order valence-corrected chi connectivity index (χ2v) is 7.81. The summed E-state index contributed by atoms with van der Waals surface area (Å²) in [5, 5.41) is 14.8. The molecule has 1 aliphatic rings. The number of hydrogen-bond acceptors (Lipinski definition) is 4. The first-order valence-corrected chi connectivity index (χ1v) is 8.36. The zero-order chi connectivity index (χ0) is 15.5. The van der Waals surface area contributed by atoms with Crippen molar-refractivity contribution in [3.63, 3.8) is 0 Å². The smallest absolute Gasteiger partial charge is 0.323 e. The minimum absolute atomic E-state index is 0.107. The number of carbonyl (C=O) groups is 1. The van der Waals surface area contributed by atoms with E-state index in [0.717, 1.165) is 31.5 Å². The molecule has 0 radical (unpaired) electrons. The van der Waals surface area contributed by atoms with E-state index in [2.05, 4.69) is 31.1 Å². The number of carbonyl (C=O) groups excluding carboxylic acids is 1. The quantitative estimate of drug-likeness (QED) is 0.902. The fourth-order valence-corrected chi connectivity index (χ4v) is 3.26. The molecule has 6 heteroatoms. The fourth-order valence-electron chi connectivity index (χ4n) is 2.56. The van der Waals surface area contributed by atoms with Crippen molar-refractivity contribution in [3.8, 4) is 0 Å². The number of anilines is 1. The zero-order valence-corrected chi connectivity index (χ0v) is 13.9. The van der Waals surface area contributed by atoms with Crippen LogP contribution in [0.15, 0.2) is 5.38 Å². The van der Waals surface area contributed by atoms with Crippen molar-refractivity contribution >= 4 is 22.5 Å². The molecule has 2 N–H and O–H groups in total. The van der Waals surface area contributed by atoms with Crippen LogP contribution in [0.5, 0.6) is 0 Å². The van der Waals surface area contributed by atoms with Gasteiger partial charge < -0.3 is 10.0 Å². The van der Waals surface area contributed by atoms with Gasteiger partial charge >= 0.3 is 6.03 Å². The van der Waals surface area contributed by atoms with Gasteiger partial charge in [-0.15, -0.1) is 11.3 Å². The van der Waals surface area contributed by atoms with E-state index in [0.29, 0.717) is 11.7 Å². The van der Waals surface area contributed by atoms with Crippen LogP contribution in [0.1, 0.15) is 39.3 Å². The van der Waals surface area contributed by atoms with E-state index >= 15 is 0 Å². The molecule has 1 atom stereocenters. The predicted molar refractivity (Wildman–Crippen MR) is 85.7 cm³/mol. The third kappa shape index (κ3) is 4.97.